The van der Waals surface area contributed by atoms with Gasteiger partial charge in [-0.1, -0.05) is 121 Å². The smallest absolute Gasteiger partial charge is 0.227 e. The average molecular weight is 584 g/mol. The molecule has 0 unspecified atom stereocenters. The van der Waals surface area contributed by atoms with Gasteiger partial charge in [-0.3, -0.25) is 14.6 Å². The predicted octanol–water partition coefficient (Wildman–Crippen LogP) is 6.63. The van der Waals surface area contributed by atoms with Crippen molar-refractivity contribution in [2.75, 3.05) is 7.11 Å². The Bertz CT molecular complexity index is 1510. The van der Waals surface area contributed by atoms with Crippen molar-refractivity contribution in [2.24, 2.45) is 0 Å². The summed E-state index contributed by atoms with van der Waals surface area (Å²) in [5, 5.41) is 0. The van der Waals surface area contributed by atoms with E-state index in [-0.39, 0.29) is 11.8 Å². The number of hydrogen-bond donors (Lipinski definition) is 0. The molecule has 0 aliphatic carbocycles. The van der Waals surface area contributed by atoms with Gasteiger partial charge in [0.25, 0.3) is 0 Å². The van der Waals surface area contributed by atoms with E-state index in [1.807, 2.05) is 143 Å². The van der Waals surface area contributed by atoms with E-state index in [0.717, 1.165) is 22.3 Å². The van der Waals surface area contributed by atoms with Crippen LogP contribution < -0.4 is 4.74 Å². The van der Waals surface area contributed by atoms with Crippen LogP contribution >= 0.6 is 0 Å². The zero-order valence-electron chi connectivity index (χ0n) is 25.0. The van der Waals surface area contributed by atoms with Gasteiger partial charge in [-0.15, -0.1) is 0 Å². The van der Waals surface area contributed by atoms with E-state index in [4.69, 9.17) is 9.72 Å². The van der Waals surface area contributed by atoms with Gasteiger partial charge < -0.3 is 14.5 Å². The van der Waals surface area contributed by atoms with Crippen molar-refractivity contribution in [1.29, 1.82) is 0 Å². The summed E-state index contributed by atoms with van der Waals surface area (Å²) in [4.78, 5) is 35.9. The van der Waals surface area contributed by atoms with Gasteiger partial charge in [0, 0.05) is 25.2 Å². The highest BCUT2D eigenvalue weighted by Gasteiger charge is 2.20. The summed E-state index contributed by atoms with van der Waals surface area (Å²) in [6.07, 6.45) is 0.590. The van der Waals surface area contributed by atoms with Crippen molar-refractivity contribution in [3.8, 4) is 5.75 Å². The molecule has 0 N–H and O–H groups in total. The predicted molar refractivity (Wildman–Crippen MR) is 172 cm³/mol. The molecule has 1 aromatic heterocycles. The molecule has 0 radical (unpaired) electrons. The van der Waals surface area contributed by atoms with Crippen LogP contribution in [0.2, 0.25) is 0 Å². The van der Waals surface area contributed by atoms with Crippen LogP contribution in [-0.4, -0.2) is 33.7 Å². The van der Waals surface area contributed by atoms with Crippen LogP contribution in [0.3, 0.4) is 0 Å². The highest BCUT2D eigenvalue weighted by Crippen LogP contribution is 2.20. The van der Waals surface area contributed by atoms with Gasteiger partial charge in [0.15, 0.2) is 0 Å². The Balaban J connectivity index is 1.40. The third-order valence-electron chi connectivity index (χ3n) is 7.38. The van der Waals surface area contributed by atoms with E-state index in [1.54, 1.807) is 7.11 Å². The molecule has 0 atom stereocenters. The van der Waals surface area contributed by atoms with Crippen molar-refractivity contribution < 1.29 is 14.3 Å². The fourth-order valence-electron chi connectivity index (χ4n) is 5.13. The minimum Gasteiger partial charge on any atom is -0.497 e. The van der Waals surface area contributed by atoms with Gasteiger partial charge >= 0.3 is 0 Å². The lowest BCUT2D eigenvalue weighted by atomic mass is 10.1. The Morgan fingerprint density at radius 3 is 1.20 bits per heavy atom. The molecule has 0 saturated heterocycles. The number of ether oxygens (including phenoxy) is 1. The van der Waals surface area contributed by atoms with E-state index in [0.29, 0.717) is 56.2 Å². The lowest BCUT2D eigenvalue weighted by Gasteiger charge is -2.25. The molecule has 0 saturated carbocycles. The second kappa shape index (κ2) is 15.3. The SMILES string of the molecule is COc1cc(CN(Cc2ccccc2)C(=O)Cc2ccccc2)nc(CN(Cc2ccccc2)C(=O)Cc2ccccc2)c1. The fraction of sp³-hybridized carbons (Fsp3) is 0.184. The second-order valence-corrected chi connectivity index (χ2v) is 10.8. The van der Waals surface area contributed by atoms with Gasteiger partial charge in [0.2, 0.25) is 11.8 Å². The van der Waals surface area contributed by atoms with E-state index in [1.165, 1.54) is 0 Å². The summed E-state index contributed by atoms with van der Waals surface area (Å²) in [5.74, 6) is 0.653. The molecule has 5 aromatic rings. The number of pyridine rings is 1. The fourth-order valence-corrected chi connectivity index (χ4v) is 5.13. The lowest BCUT2D eigenvalue weighted by molar-refractivity contribution is -0.132. The molecule has 6 nitrogen and oxygen atoms in total. The molecule has 2 amide bonds. The third kappa shape index (κ3) is 8.88. The number of benzene rings is 4. The second-order valence-electron chi connectivity index (χ2n) is 10.8. The number of methoxy groups -OCH3 is 1. The molecule has 0 fully saturated rings. The van der Waals surface area contributed by atoms with Crippen molar-refractivity contribution in [1.82, 2.24) is 14.8 Å². The Morgan fingerprint density at radius 1 is 0.523 bits per heavy atom. The van der Waals surface area contributed by atoms with E-state index in [9.17, 15) is 9.59 Å². The average Bonchev–Trinajstić information content (AvgIpc) is 3.06. The number of carbonyl (C=O) groups excluding carboxylic acids is 2. The summed E-state index contributed by atoms with van der Waals surface area (Å²) < 4.78 is 5.66. The summed E-state index contributed by atoms with van der Waals surface area (Å²) in [7, 11) is 1.62. The molecule has 0 bridgehead atoms. The first kappa shape index (κ1) is 30.2. The van der Waals surface area contributed by atoms with Crippen LogP contribution in [0.1, 0.15) is 33.6 Å². The van der Waals surface area contributed by atoms with Crippen molar-refractivity contribution in [3.05, 3.63) is 167 Å². The minimum absolute atomic E-state index is 0.00923. The number of hydrogen-bond acceptors (Lipinski definition) is 4. The quantitative estimate of drug-likeness (QED) is 0.156. The van der Waals surface area contributed by atoms with Gasteiger partial charge in [0.05, 0.1) is 44.4 Å². The molecular formula is C38H37N3O3. The molecular weight excluding hydrogens is 546 g/mol. The normalized spacial score (nSPS) is 10.7. The van der Waals surface area contributed by atoms with Crippen molar-refractivity contribution >= 4 is 11.8 Å². The maximum absolute atomic E-state index is 13.6. The topological polar surface area (TPSA) is 62.7 Å². The molecule has 4 aromatic carbocycles. The van der Waals surface area contributed by atoms with Crippen molar-refractivity contribution in [3.63, 3.8) is 0 Å². The Labute approximate surface area is 259 Å². The Kier molecular flexibility index (Phi) is 10.5. The zero-order chi connectivity index (χ0) is 30.6. The first-order valence-corrected chi connectivity index (χ1v) is 14.8. The minimum atomic E-state index is 0.00923. The number of carbonyl (C=O) groups is 2. The van der Waals surface area contributed by atoms with E-state index >= 15 is 0 Å². The maximum atomic E-state index is 13.6. The highest BCUT2D eigenvalue weighted by molar-refractivity contribution is 5.79. The third-order valence-corrected chi connectivity index (χ3v) is 7.38. The largest absolute Gasteiger partial charge is 0.497 e. The number of aromatic nitrogens is 1. The molecule has 0 aliphatic rings. The molecule has 6 heteroatoms. The van der Waals surface area contributed by atoms with Crippen LogP contribution in [0.4, 0.5) is 0 Å². The first-order chi connectivity index (χ1) is 21.6. The molecule has 44 heavy (non-hydrogen) atoms. The van der Waals surface area contributed by atoms with E-state index in [2.05, 4.69) is 0 Å². The Morgan fingerprint density at radius 2 is 0.864 bits per heavy atom. The molecule has 222 valence electrons. The van der Waals surface area contributed by atoms with Gasteiger partial charge in [-0.25, -0.2) is 0 Å². The highest BCUT2D eigenvalue weighted by atomic mass is 16.5. The van der Waals surface area contributed by atoms with Gasteiger partial charge in [0.1, 0.15) is 5.75 Å². The summed E-state index contributed by atoms with van der Waals surface area (Å²) in [6.45, 7) is 1.52. The first-order valence-electron chi connectivity index (χ1n) is 14.8. The van der Waals surface area contributed by atoms with E-state index < -0.39 is 0 Å². The van der Waals surface area contributed by atoms with Crippen LogP contribution in [0.15, 0.2) is 133 Å². The summed E-state index contributed by atoms with van der Waals surface area (Å²) >= 11 is 0. The monoisotopic (exact) mass is 583 g/mol. The number of rotatable bonds is 13. The van der Waals surface area contributed by atoms with Crippen LogP contribution in [0, 0.1) is 0 Å². The summed E-state index contributed by atoms with van der Waals surface area (Å²) in [6, 6.07) is 43.2. The van der Waals surface area contributed by atoms with Crippen LogP contribution in [0.25, 0.3) is 0 Å². The Hall–Kier alpha value is -5.23. The standard InChI is InChI=1S/C38H37N3O3/c1-44-36-24-34(28-40(26-32-18-10-4-11-19-32)37(42)22-30-14-6-2-7-15-30)39-35(25-36)29-41(27-33-20-12-5-13-21-33)38(43)23-31-16-8-3-9-17-31/h2-21,24-25H,22-23,26-29H2,1H3. The molecule has 5 rings (SSSR count). The van der Waals surface area contributed by atoms with Crippen molar-refractivity contribution in [2.45, 2.75) is 39.0 Å². The number of nitrogens with zero attached hydrogens (tertiary/aromatic N) is 3. The molecule has 0 aliphatic heterocycles. The van der Waals surface area contributed by atoms with Crippen LogP contribution in [-0.2, 0) is 48.6 Å². The maximum Gasteiger partial charge on any atom is 0.227 e. The van der Waals surface area contributed by atoms with Gasteiger partial charge in [-0.2, -0.15) is 0 Å². The lowest BCUT2D eigenvalue weighted by Crippen LogP contribution is -2.33. The van der Waals surface area contributed by atoms with Gasteiger partial charge in [-0.05, 0) is 22.3 Å². The molecule has 0 spiro atoms. The van der Waals surface area contributed by atoms with Crippen LogP contribution in [0.5, 0.6) is 5.75 Å². The number of amides is 2. The summed E-state index contributed by atoms with van der Waals surface area (Å²) in [5.41, 5.74) is 5.40. The molecule has 1 heterocycles. The zero-order valence-corrected chi connectivity index (χ0v) is 25.0.